The molecule has 0 fully saturated rings. The van der Waals surface area contributed by atoms with Crippen molar-refractivity contribution in [3.8, 4) is 0 Å². The van der Waals surface area contributed by atoms with Gasteiger partial charge in [0.05, 0.1) is 11.4 Å². The van der Waals surface area contributed by atoms with E-state index in [1.807, 2.05) is 37.3 Å². The molecule has 7 heteroatoms. The average Bonchev–Trinajstić information content (AvgIpc) is 3.21. The standard InChI is InChI=1S/C23H22FN3O2S/c1-16(18-8-4-3-5-9-18)14-25-22(29)13-12-19-15-30-23(26-19)27(17(2)28)21-11-7-6-10-20(21)24/h3-13,15-16H,14H2,1-2H3,(H,25,29)/b13-12+. The number of carbonyl (C=O) groups is 2. The van der Waals surface area contributed by atoms with Crippen molar-refractivity contribution in [1.82, 2.24) is 10.3 Å². The lowest BCUT2D eigenvalue weighted by molar-refractivity contribution is -0.117. The van der Waals surface area contributed by atoms with Gasteiger partial charge in [-0.3, -0.25) is 14.5 Å². The van der Waals surface area contributed by atoms with E-state index in [0.29, 0.717) is 17.4 Å². The molecule has 0 saturated carbocycles. The van der Waals surface area contributed by atoms with Gasteiger partial charge in [0.25, 0.3) is 0 Å². The molecule has 0 saturated heterocycles. The lowest BCUT2D eigenvalue weighted by atomic mass is 10.0. The summed E-state index contributed by atoms with van der Waals surface area (Å²) in [6.07, 6.45) is 2.97. The van der Waals surface area contributed by atoms with E-state index in [1.54, 1.807) is 23.6 Å². The number of thiazole rings is 1. The van der Waals surface area contributed by atoms with Gasteiger partial charge in [0, 0.05) is 24.9 Å². The lowest BCUT2D eigenvalue weighted by Crippen LogP contribution is -2.25. The second kappa shape index (κ2) is 9.93. The number of para-hydroxylation sites is 1. The third kappa shape index (κ3) is 5.39. The van der Waals surface area contributed by atoms with Crippen LogP contribution in [-0.2, 0) is 9.59 Å². The number of rotatable bonds is 7. The number of nitrogens with zero attached hydrogens (tertiary/aromatic N) is 2. The van der Waals surface area contributed by atoms with Gasteiger partial charge in [-0.25, -0.2) is 9.37 Å². The van der Waals surface area contributed by atoms with Gasteiger partial charge in [-0.2, -0.15) is 0 Å². The molecule has 0 aliphatic rings. The molecule has 1 heterocycles. The quantitative estimate of drug-likeness (QED) is 0.550. The fourth-order valence-electron chi connectivity index (χ4n) is 2.87. The Kier molecular flexibility index (Phi) is 7.08. The summed E-state index contributed by atoms with van der Waals surface area (Å²) in [5, 5.41) is 4.92. The molecular weight excluding hydrogens is 401 g/mol. The minimum atomic E-state index is -0.507. The average molecular weight is 424 g/mol. The van der Waals surface area contributed by atoms with Crippen LogP contribution in [0, 0.1) is 5.82 Å². The van der Waals surface area contributed by atoms with Crippen LogP contribution in [0.2, 0.25) is 0 Å². The first-order chi connectivity index (χ1) is 14.5. The van der Waals surface area contributed by atoms with Crippen molar-refractivity contribution in [2.75, 3.05) is 11.4 Å². The molecule has 2 amide bonds. The Bertz CT molecular complexity index is 1050. The van der Waals surface area contributed by atoms with Gasteiger partial charge in [0.2, 0.25) is 11.8 Å². The Balaban J connectivity index is 1.64. The van der Waals surface area contributed by atoms with Gasteiger partial charge in [-0.1, -0.05) is 49.4 Å². The van der Waals surface area contributed by atoms with Crippen LogP contribution in [0.15, 0.2) is 66.1 Å². The number of halogens is 1. The molecule has 0 radical (unpaired) electrons. The first kappa shape index (κ1) is 21.4. The summed E-state index contributed by atoms with van der Waals surface area (Å²) in [5.41, 5.74) is 1.81. The minimum absolute atomic E-state index is 0.141. The van der Waals surface area contributed by atoms with Gasteiger partial charge in [-0.05, 0) is 29.7 Å². The van der Waals surface area contributed by atoms with E-state index >= 15 is 0 Å². The predicted octanol–water partition coefficient (Wildman–Crippen LogP) is 4.90. The van der Waals surface area contributed by atoms with E-state index < -0.39 is 5.82 Å². The van der Waals surface area contributed by atoms with E-state index in [0.717, 1.165) is 5.56 Å². The van der Waals surface area contributed by atoms with E-state index in [1.165, 1.54) is 41.4 Å². The van der Waals surface area contributed by atoms with Crippen LogP contribution in [0.25, 0.3) is 6.08 Å². The number of anilines is 2. The molecule has 1 aromatic heterocycles. The SMILES string of the molecule is CC(=O)N(c1nc(/C=C/C(=O)NCC(C)c2ccccc2)cs1)c1ccccc1F. The predicted molar refractivity (Wildman–Crippen MR) is 118 cm³/mol. The summed E-state index contributed by atoms with van der Waals surface area (Å²) in [4.78, 5) is 29.8. The fourth-order valence-corrected chi connectivity index (χ4v) is 3.72. The molecular formula is C23H22FN3O2S. The summed E-state index contributed by atoms with van der Waals surface area (Å²) in [6.45, 7) is 3.91. The minimum Gasteiger partial charge on any atom is -0.352 e. The highest BCUT2D eigenvalue weighted by Gasteiger charge is 2.20. The molecule has 5 nitrogen and oxygen atoms in total. The summed E-state index contributed by atoms with van der Waals surface area (Å²) < 4.78 is 14.1. The van der Waals surface area contributed by atoms with Crippen molar-refractivity contribution in [2.24, 2.45) is 0 Å². The van der Waals surface area contributed by atoms with Crippen molar-refractivity contribution in [2.45, 2.75) is 19.8 Å². The van der Waals surface area contributed by atoms with Gasteiger partial charge in [-0.15, -0.1) is 11.3 Å². The van der Waals surface area contributed by atoms with Crippen molar-refractivity contribution in [3.63, 3.8) is 0 Å². The molecule has 0 aliphatic heterocycles. The maximum absolute atomic E-state index is 14.1. The number of carbonyl (C=O) groups excluding carboxylic acids is 2. The number of hydrogen-bond donors (Lipinski definition) is 1. The molecule has 2 aromatic carbocycles. The molecule has 154 valence electrons. The first-order valence-electron chi connectivity index (χ1n) is 9.47. The zero-order valence-electron chi connectivity index (χ0n) is 16.7. The largest absolute Gasteiger partial charge is 0.352 e. The monoisotopic (exact) mass is 423 g/mol. The maximum atomic E-state index is 14.1. The molecule has 0 spiro atoms. The highest BCUT2D eigenvalue weighted by atomic mass is 32.1. The fraction of sp³-hybridized carbons (Fsp3) is 0.174. The molecule has 3 aromatic rings. The number of benzene rings is 2. The van der Waals surface area contributed by atoms with Crippen molar-refractivity contribution < 1.29 is 14.0 Å². The highest BCUT2D eigenvalue weighted by molar-refractivity contribution is 7.14. The highest BCUT2D eigenvalue weighted by Crippen LogP contribution is 2.30. The van der Waals surface area contributed by atoms with E-state index in [4.69, 9.17) is 0 Å². The molecule has 0 aliphatic carbocycles. The first-order valence-corrected chi connectivity index (χ1v) is 10.3. The smallest absolute Gasteiger partial charge is 0.244 e. The van der Waals surface area contributed by atoms with E-state index in [2.05, 4.69) is 10.3 Å². The van der Waals surface area contributed by atoms with Crippen molar-refractivity contribution in [1.29, 1.82) is 0 Å². The summed E-state index contributed by atoms with van der Waals surface area (Å²) >= 11 is 1.20. The number of amides is 2. The number of aromatic nitrogens is 1. The van der Waals surface area contributed by atoms with Crippen LogP contribution < -0.4 is 10.2 Å². The summed E-state index contributed by atoms with van der Waals surface area (Å²) in [5.74, 6) is -0.895. The second-order valence-electron chi connectivity index (χ2n) is 6.75. The van der Waals surface area contributed by atoms with Crippen LogP contribution in [0.4, 0.5) is 15.2 Å². The molecule has 3 rings (SSSR count). The van der Waals surface area contributed by atoms with Crippen molar-refractivity contribution in [3.05, 3.63) is 83.1 Å². The molecule has 0 bridgehead atoms. The molecule has 30 heavy (non-hydrogen) atoms. The molecule has 1 unspecified atom stereocenters. The van der Waals surface area contributed by atoms with Crippen LogP contribution in [0.3, 0.4) is 0 Å². The summed E-state index contributed by atoms with van der Waals surface area (Å²) in [6, 6.07) is 16.0. The van der Waals surface area contributed by atoms with Gasteiger partial charge in [0.15, 0.2) is 5.13 Å². The molecule has 1 atom stereocenters. The van der Waals surface area contributed by atoms with Gasteiger partial charge in [0.1, 0.15) is 5.82 Å². The Labute approximate surface area is 178 Å². The third-order valence-corrected chi connectivity index (χ3v) is 5.31. The summed E-state index contributed by atoms with van der Waals surface area (Å²) in [7, 11) is 0. The maximum Gasteiger partial charge on any atom is 0.244 e. The molecule has 1 N–H and O–H groups in total. The zero-order valence-corrected chi connectivity index (χ0v) is 17.5. The van der Waals surface area contributed by atoms with Crippen LogP contribution in [0.5, 0.6) is 0 Å². The normalized spacial score (nSPS) is 12.0. The van der Waals surface area contributed by atoms with Crippen LogP contribution in [-0.4, -0.2) is 23.3 Å². The van der Waals surface area contributed by atoms with Gasteiger partial charge < -0.3 is 5.32 Å². The number of nitrogens with one attached hydrogen (secondary N) is 1. The van der Waals surface area contributed by atoms with Crippen LogP contribution >= 0.6 is 11.3 Å². The number of hydrogen-bond acceptors (Lipinski definition) is 4. The Morgan fingerprint density at radius 2 is 1.87 bits per heavy atom. The van der Waals surface area contributed by atoms with Crippen LogP contribution in [0.1, 0.15) is 31.0 Å². The Morgan fingerprint density at radius 3 is 2.57 bits per heavy atom. The van der Waals surface area contributed by atoms with Gasteiger partial charge >= 0.3 is 0 Å². The Hall–Kier alpha value is -3.32. The van der Waals surface area contributed by atoms with E-state index in [9.17, 15) is 14.0 Å². The van der Waals surface area contributed by atoms with E-state index in [-0.39, 0.29) is 23.4 Å². The third-order valence-electron chi connectivity index (χ3n) is 4.47. The lowest BCUT2D eigenvalue weighted by Gasteiger charge is -2.18. The second-order valence-corrected chi connectivity index (χ2v) is 7.59. The van der Waals surface area contributed by atoms with Crippen molar-refractivity contribution >= 4 is 40.0 Å². The Morgan fingerprint density at radius 1 is 1.17 bits per heavy atom. The zero-order chi connectivity index (χ0) is 21.5. The topological polar surface area (TPSA) is 62.3 Å².